The van der Waals surface area contributed by atoms with Crippen LogP contribution < -0.4 is 0 Å². The van der Waals surface area contributed by atoms with Crippen molar-refractivity contribution in [1.29, 1.82) is 0 Å². The quantitative estimate of drug-likeness (QED) is 0.679. The Kier molecular flexibility index (Phi) is 3.82. The van der Waals surface area contributed by atoms with Crippen molar-refractivity contribution in [2.45, 2.75) is 25.6 Å². The molecule has 0 radical (unpaired) electrons. The molecule has 0 saturated heterocycles. The summed E-state index contributed by atoms with van der Waals surface area (Å²) in [7, 11) is 0. The second kappa shape index (κ2) is 4.91. The Morgan fingerprint density at radius 1 is 1.20 bits per heavy atom. The summed E-state index contributed by atoms with van der Waals surface area (Å²) in [5, 5.41) is 7.30. The molecule has 1 aromatic rings. The molecule has 0 aliphatic rings. The molecule has 1 unspecified atom stereocenters. The molecule has 1 aromatic carbocycles. The van der Waals surface area contributed by atoms with Gasteiger partial charge in [0.25, 0.3) is 0 Å². The summed E-state index contributed by atoms with van der Waals surface area (Å²) in [6.45, 7) is 1.39. The standard InChI is InChI=1S/C10H11F3N2/c1-8(7-10(11,12)13)14-15-9-5-3-2-4-6-9/h2-6,8H,7H2,1H3. The molecule has 0 bridgehead atoms. The number of azo groups is 1. The van der Waals surface area contributed by atoms with Crippen LogP contribution >= 0.6 is 0 Å². The molecule has 0 amide bonds. The number of alkyl halides is 3. The summed E-state index contributed by atoms with van der Waals surface area (Å²) in [4.78, 5) is 0. The van der Waals surface area contributed by atoms with Crippen LogP contribution in [0.1, 0.15) is 13.3 Å². The highest BCUT2D eigenvalue weighted by molar-refractivity contribution is 5.34. The highest BCUT2D eigenvalue weighted by Crippen LogP contribution is 2.23. The van der Waals surface area contributed by atoms with Crippen LogP contribution in [0.3, 0.4) is 0 Å². The molecule has 1 rings (SSSR count). The Balaban J connectivity index is 2.52. The van der Waals surface area contributed by atoms with Crippen LogP contribution in [0.15, 0.2) is 40.6 Å². The van der Waals surface area contributed by atoms with Gasteiger partial charge in [-0.05, 0) is 19.1 Å². The second-order valence-corrected chi connectivity index (χ2v) is 3.22. The van der Waals surface area contributed by atoms with Crippen LogP contribution in [-0.2, 0) is 0 Å². The smallest absolute Gasteiger partial charge is 0.185 e. The van der Waals surface area contributed by atoms with Crippen molar-refractivity contribution in [2.75, 3.05) is 0 Å². The number of hydrogen-bond donors (Lipinski definition) is 0. The SMILES string of the molecule is CC(CC(F)(F)F)N=Nc1ccccc1. The molecule has 1 atom stereocenters. The second-order valence-electron chi connectivity index (χ2n) is 3.22. The minimum Gasteiger partial charge on any atom is -0.185 e. The van der Waals surface area contributed by atoms with Gasteiger partial charge < -0.3 is 0 Å². The summed E-state index contributed by atoms with van der Waals surface area (Å²) >= 11 is 0. The van der Waals surface area contributed by atoms with Crippen molar-refractivity contribution in [3.05, 3.63) is 30.3 Å². The molecule has 0 saturated carbocycles. The molecule has 15 heavy (non-hydrogen) atoms. The van der Waals surface area contributed by atoms with Gasteiger partial charge in [0, 0.05) is 0 Å². The number of benzene rings is 1. The van der Waals surface area contributed by atoms with Crippen molar-refractivity contribution in [1.82, 2.24) is 0 Å². The molecule has 0 aromatic heterocycles. The van der Waals surface area contributed by atoms with Crippen molar-refractivity contribution >= 4 is 5.69 Å². The zero-order valence-electron chi connectivity index (χ0n) is 8.20. The predicted molar refractivity (Wildman–Crippen MR) is 51.1 cm³/mol. The molecular formula is C10H11F3N2. The number of nitrogens with zero attached hydrogens (tertiary/aromatic N) is 2. The zero-order valence-corrected chi connectivity index (χ0v) is 8.20. The van der Waals surface area contributed by atoms with E-state index in [-0.39, 0.29) is 0 Å². The largest absolute Gasteiger partial charge is 0.391 e. The Hall–Kier alpha value is -1.39. The molecule has 0 spiro atoms. The van der Waals surface area contributed by atoms with Gasteiger partial charge in [-0.3, -0.25) is 0 Å². The van der Waals surface area contributed by atoms with Crippen LogP contribution in [0.25, 0.3) is 0 Å². The third-order valence-corrected chi connectivity index (χ3v) is 1.65. The lowest BCUT2D eigenvalue weighted by molar-refractivity contribution is -0.137. The molecule has 0 N–H and O–H groups in total. The van der Waals surface area contributed by atoms with Gasteiger partial charge in [-0.15, -0.1) is 0 Å². The van der Waals surface area contributed by atoms with E-state index in [1.807, 2.05) is 0 Å². The average Bonchev–Trinajstić information content (AvgIpc) is 2.14. The van der Waals surface area contributed by atoms with Crippen molar-refractivity contribution in [3.63, 3.8) is 0 Å². The maximum Gasteiger partial charge on any atom is 0.391 e. The maximum atomic E-state index is 11.9. The lowest BCUT2D eigenvalue weighted by atomic mass is 10.2. The van der Waals surface area contributed by atoms with E-state index in [4.69, 9.17) is 0 Å². The lowest BCUT2D eigenvalue weighted by Gasteiger charge is -2.08. The minimum absolute atomic E-state index is 0.562. The first-order valence-corrected chi connectivity index (χ1v) is 4.50. The van der Waals surface area contributed by atoms with Crippen LogP contribution in [0, 0.1) is 0 Å². The van der Waals surface area contributed by atoms with Gasteiger partial charge in [0.05, 0.1) is 18.2 Å². The summed E-state index contributed by atoms with van der Waals surface area (Å²) < 4.78 is 35.8. The summed E-state index contributed by atoms with van der Waals surface area (Å²) in [5.74, 6) is 0. The molecule has 0 aliphatic heterocycles. The Morgan fingerprint density at radius 2 is 1.80 bits per heavy atom. The minimum atomic E-state index is -4.19. The molecule has 0 fully saturated rings. The average molecular weight is 216 g/mol. The van der Waals surface area contributed by atoms with Gasteiger partial charge in [0.1, 0.15) is 0 Å². The van der Waals surface area contributed by atoms with Gasteiger partial charge in [-0.25, -0.2) is 0 Å². The monoisotopic (exact) mass is 216 g/mol. The number of rotatable bonds is 3. The van der Waals surface area contributed by atoms with E-state index in [0.717, 1.165) is 0 Å². The van der Waals surface area contributed by atoms with E-state index in [1.54, 1.807) is 30.3 Å². The molecule has 0 heterocycles. The lowest BCUT2D eigenvalue weighted by Crippen LogP contribution is -2.14. The fraction of sp³-hybridized carbons (Fsp3) is 0.400. The number of hydrogen-bond acceptors (Lipinski definition) is 2. The Morgan fingerprint density at radius 3 is 2.33 bits per heavy atom. The molecule has 2 nitrogen and oxygen atoms in total. The van der Waals surface area contributed by atoms with Crippen LogP contribution in [0.5, 0.6) is 0 Å². The van der Waals surface area contributed by atoms with Crippen molar-refractivity contribution < 1.29 is 13.2 Å². The van der Waals surface area contributed by atoms with Gasteiger partial charge >= 0.3 is 6.18 Å². The third-order valence-electron chi connectivity index (χ3n) is 1.65. The Labute approximate surface area is 85.8 Å². The normalized spacial score (nSPS) is 14.4. The van der Waals surface area contributed by atoms with Gasteiger partial charge in [-0.2, -0.15) is 23.4 Å². The topological polar surface area (TPSA) is 24.7 Å². The van der Waals surface area contributed by atoms with E-state index in [9.17, 15) is 13.2 Å². The zero-order chi connectivity index (χ0) is 11.3. The van der Waals surface area contributed by atoms with E-state index < -0.39 is 18.6 Å². The Bertz CT molecular complexity index is 319. The van der Waals surface area contributed by atoms with E-state index in [2.05, 4.69) is 10.2 Å². The molecule has 0 aliphatic carbocycles. The maximum absolute atomic E-state index is 11.9. The van der Waals surface area contributed by atoms with Crippen LogP contribution in [0.4, 0.5) is 18.9 Å². The first kappa shape index (κ1) is 11.7. The van der Waals surface area contributed by atoms with Crippen LogP contribution in [-0.4, -0.2) is 12.2 Å². The third kappa shape index (κ3) is 5.15. The summed E-state index contributed by atoms with van der Waals surface area (Å²) in [5.41, 5.74) is 0.562. The van der Waals surface area contributed by atoms with Gasteiger partial charge in [-0.1, -0.05) is 18.2 Å². The first-order chi connectivity index (χ1) is 6.97. The molecule has 82 valence electrons. The van der Waals surface area contributed by atoms with Gasteiger partial charge in [0.2, 0.25) is 0 Å². The summed E-state index contributed by atoms with van der Waals surface area (Å²) in [6.07, 6.45) is -5.13. The van der Waals surface area contributed by atoms with E-state index >= 15 is 0 Å². The highest BCUT2D eigenvalue weighted by Gasteiger charge is 2.29. The van der Waals surface area contributed by atoms with E-state index in [0.29, 0.717) is 5.69 Å². The van der Waals surface area contributed by atoms with Crippen LogP contribution in [0.2, 0.25) is 0 Å². The number of halogens is 3. The molecule has 5 heteroatoms. The summed E-state index contributed by atoms with van der Waals surface area (Å²) in [6, 6.07) is 7.84. The highest BCUT2D eigenvalue weighted by atomic mass is 19.4. The predicted octanol–water partition coefficient (Wildman–Crippen LogP) is 4.11. The van der Waals surface area contributed by atoms with E-state index in [1.165, 1.54) is 6.92 Å². The van der Waals surface area contributed by atoms with Crippen molar-refractivity contribution in [2.24, 2.45) is 10.2 Å². The molecular weight excluding hydrogens is 205 g/mol. The van der Waals surface area contributed by atoms with Gasteiger partial charge in [0.15, 0.2) is 0 Å². The first-order valence-electron chi connectivity index (χ1n) is 4.50. The fourth-order valence-corrected chi connectivity index (χ4v) is 1.04. The van der Waals surface area contributed by atoms with Crippen molar-refractivity contribution in [3.8, 4) is 0 Å². The fourth-order valence-electron chi connectivity index (χ4n) is 1.04.